The molecule has 0 aromatic rings. The van der Waals surface area contributed by atoms with E-state index in [4.69, 9.17) is 10.5 Å². The lowest BCUT2D eigenvalue weighted by atomic mass is 9.87. The average Bonchev–Trinajstić information content (AvgIpc) is 3.14. The molecule has 1 atom stereocenters. The highest BCUT2D eigenvalue weighted by Gasteiger charge is 2.44. The molecular formula is C13H27N3O. The minimum Gasteiger partial charge on any atom is -0.383 e. The number of rotatable bonds is 6. The maximum absolute atomic E-state index is 6.13. The molecule has 2 N–H and O–H groups in total. The molecule has 1 unspecified atom stereocenters. The largest absolute Gasteiger partial charge is 0.383 e. The maximum Gasteiger partial charge on any atom is 0.0590 e. The Bertz CT molecular complexity index is 245. The zero-order valence-corrected chi connectivity index (χ0v) is 11.3. The Kier molecular flexibility index (Phi) is 4.42. The van der Waals surface area contributed by atoms with Crippen molar-refractivity contribution in [2.75, 3.05) is 46.9 Å². The number of likely N-dealkylation sites (tertiary alicyclic amines) is 1. The highest BCUT2D eigenvalue weighted by Crippen LogP contribution is 2.36. The first kappa shape index (κ1) is 13.3. The summed E-state index contributed by atoms with van der Waals surface area (Å²) in [5, 5.41) is 0. The summed E-state index contributed by atoms with van der Waals surface area (Å²) in [6.45, 7) is 4.96. The molecule has 1 aliphatic carbocycles. The fourth-order valence-corrected chi connectivity index (χ4v) is 3.24. The first-order valence-corrected chi connectivity index (χ1v) is 6.86. The van der Waals surface area contributed by atoms with Gasteiger partial charge in [-0.2, -0.15) is 0 Å². The third-order valence-electron chi connectivity index (χ3n) is 4.26. The molecule has 2 fully saturated rings. The molecular weight excluding hydrogens is 214 g/mol. The van der Waals surface area contributed by atoms with E-state index in [0.717, 1.165) is 32.3 Å². The Hall–Kier alpha value is -0.160. The average molecular weight is 241 g/mol. The molecule has 2 aliphatic rings. The number of methoxy groups -OCH3 is 1. The molecule has 1 saturated heterocycles. The second-order valence-electron chi connectivity index (χ2n) is 5.69. The normalized spacial score (nSPS) is 31.1. The van der Waals surface area contributed by atoms with Crippen LogP contribution < -0.4 is 5.73 Å². The molecule has 4 heteroatoms. The minimum atomic E-state index is 0.201. The van der Waals surface area contributed by atoms with Crippen LogP contribution in [0.25, 0.3) is 0 Å². The SMILES string of the molecule is COCCN(C1CC1)C1(CN)CCCN(C)C1. The van der Waals surface area contributed by atoms with E-state index in [2.05, 4.69) is 16.8 Å². The van der Waals surface area contributed by atoms with Gasteiger partial charge in [0.15, 0.2) is 0 Å². The lowest BCUT2D eigenvalue weighted by Gasteiger charge is -2.49. The summed E-state index contributed by atoms with van der Waals surface area (Å²) in [5.74, 6) is 0. The van der Waals surface area contributed by atoms with Gasteiger partial charge in [-0.15, -0.1) is 0 Å². The van der Waals surface area contributed by atoms with Gasteiger partial charge in [-0.1, -0.05) is 0 Å². The second kappa shape index (κ2) is 5.65. The third kappa shape index (κ3) is 2.99. The highest BCUT2D eigenvalue weighted by atomic mass is 16.5. The number of hydrogen-bond acceptors (Lipinski definition) is 4. The Labute approximate surface area is 105 Å². The van der Waals surface area contributed by atoms with E-state index in [-0.39, 0.29) is 5.54 Å². The number of nitrogens with two attached hydrogens (primary N) is 1. The van der Waals surface area contributed by atoms with Crippen molar-refractivity contribution in [2.45, 2.75) is 37.3 Å². The quantitative estimate of drug-likeness (QED) is 0.736. The van der Waals surface area contributed by atoms with Gasteiger partial charge in [0.05, 0.1) is 6.61 Å². The fourth-order valence-electron chi connectivity index (χ4n) is 3.24. The number of nitrogens with zero attached hydrogens (tertiary/aromatic N) is 2. The van der Waals surface area contributed by atoms with Crippen molar-refractivity contribution >= 4 is 0 Å². The van der Waals surface area contributed by atoms with Crippen molar-refractivity contribution < 1.29 is 4.74 Å². The molecule has 100 valence electrons. The van der Waals surface area contributed by atoms with E-state index in [1.165, 1.54) is 32.2 Å². The summed E-state index contributed by atoms with van der Waals surface area (Å²) in [7, 11) is 4.00. The van der Waals surface area contributed by atoms with Crippen molar-refractivity contribution in [1.29, 1.82) is 0 Å². The predicted molar refractivity (Wildman–Crippen MR) is 70.1 cm³/mol. The Morgan fingerprint density at radius 3 is 2.76 bits per heavy atom. The standard InChI is InChI=1S/C13H27N3O/c1-15-7-3-6-13(10-14,11-15)16(8-9-17-2)12-4-5-12/h12H,3-11,14H2,1-2H3. The van der Waals surface area contributed by atoms with Gasteiger partial charge in [-0.05, 0) is 39.3 Å². The highest BCUT2D eigenvalue weighted by molar-refractivity contribution is 5.02. The second-order valence-corrected chi connectivity index (χ2v) is 5.69. The molecule has 17 heavy (non-hydrogen) atoms. The summed E-state index contributed by atoms with van der Waals surface area (Å²) in [5.41, 5.74) is 6.33. The van der Waals surface area contributed by atoms with Gasteiger partial charge in [0.2, 0.25) is 0 Å². The van der Waals surface area contributed by atoms with Crippen LogP contribution in [0.4, 0.5) is 0 Å². The van der Waals surface area contributed by atoms with Gasteiger partial charge in [0.25, 0.3) is 0 Å². The number of ether oxygens (including phenoxy) is 1. The third-order valence-corrected chi connectivity index (χ3v) is 4.26. The van der Waals surface area contributed by atoms with Crippen LogP contribution in [0.5, 0.6) is 0 Å². The molecule has 2 rings (SSSR count). The number of hydrogen-bond donors (Lipinski definition) is 1. The zero-order valence-electron chi connectivity index (χ0n) is 11.3. The van der Waals surface area contributed by atoms with E-state index in [1.807, 2.05) is 0 Å². The fraction of sp³-hybridized carbons (Fsp3) is 1.00. The van der Waals surface area contributed by atoms with Crippen LogP contribution in [0, 0.1) is 0 Å². The smallest absolute Gasteiger partial charge is 0.0590 e. The van der Waals surface area contributed by atoms with E-state index in [0.29, 0.717) is 0 Å². The van der Waals surface area contributed by atoms with Gasteiger partial charge in [-0.3, -0.25) is 4.90 Å². The Balaban J connectivity index is 2.06. The van der Waals surface area contributed by atoms with Crippen LogP contribution in [0.2, 0.25) is 0 Å². The summed E-state index contributed by atoms with van der Waals surface area (Å²) in [6.07, 6.45) is 5.20. The van der Waals surface area contributed by atoms with Crippen molar-refractivity contribution in [1.82, 2.24) is 9.80 Å². The van der Waals surface area contributed by atoms with Crippen molar-refractivity contribution in [3.05, 3.63) is 0 Å². The molecule has 0 aromatic carbocycles. The summed E-state index contributed by atoms with van der Waals surface area (Å²) < 4.78 is 5.26. The molecule has 0 spiro atoms. The summed E-state index contributed by atoms with van der Waals surface area (Å²) in [6, 6.07) is 0.764. The van der Waals surface area contributed by atoms with Crippen LogP contribution in [-0.4, -0.2) is 68.3 Å². The van der Waals surface area contributed by atoms with Crippen LogP contribution in [0.15, 0.2) is 0 Å². The Morgan fingerprint density at radius 2 is 2.24 bits per heavy atom. The number of likely N-dealkylation sites (N-methyl/N-ethyl adjacent to an activating group) is 1. The van der Waals surface area contributed by atoms with Gasteiger partial charge < -0.3 is 15.4 Å². The summed E-state index contributed by atoms with van der Waals surface area (Å²) in [4.78, 5) is 5.07. The van der Waals surface area contributed by atoms with Crippen LogP contribution in [0.3, 0.4) is 0 Å². The van der Waals surface area contributed by atoms with Crippen LogP contribution in [0.1, 0.15) is 25.7 Å². The monoisotopic (exact) mass is 241 g/mol. The first-order chi connectivity index (χ1) is 8.22. The molecule has 0 amide bonds. The van der Waals surface area contributed by atoms with Gasteiger partial charge >= 0.3 is 0 Å². The van der Waals surface area contributed by atoms with Crippen LogP contribution in [-0.2, 0) is 4.74 Å². The van der Waals surface area contributed by atoms with Crippen molar-refractivity contribution in [2.24, 2.45) is 5.73 Å². The van der Waals surface area contributed by atoms with E-state index in [1.54, 1.807) is 7.11 Å². The molecule has 0 aromatic heterocycles. The Morgan fingerprint density at radius 1 is 1.47 bits per heavy atom. The number of piperidine rings is 1. The lowest BCUT2D eigenvalue weighted by molar-refractivity contribution is 0.00387. The van der Waals surface area contributed by atoms with Crippen molar-refractivity contribution in [3.63, 3.8) is 0 Å². The molecule has 0 radical (unpaired) electrons. The molecule has 1 aliphatic heterocycles. The topological polar surface area (TPSA) is 41.7 Å². The van der Waals surface area contributed by atoms with Gasteiger partial charge in [0, 0.05) is 38.3 Å². The summed E-state index contributed by atoms with van der Waals surface area (Å²) >= 11 is 0. The van der Waals surface area contributed by atoms with Gasteiger partial charge in [-0.25, -0.2) is 0 Å². The van der Waals surface area contributed by atoms with Crippen molar-refractivity contribution in [3.8, 4) is 0 Å². The minimum absolute atomic E-state index is 0.201. The van der Waals surface area contributed by atoms with E-state index < -0.39 is 0 Å². The first-order valence-electron chi connectivity index (χ1n) is 6.86. The molecule has 0 bridgehead atoms. The maximum atomic E-state index is 6.13. The zero-order chi connectivity index (χ0) is 12.3. The molecule has 1 heterocycles. The molecule has 4 nitrogen and oxygen atoms in total. The molecule has 1 saturated carbocycles. The lowest BCUT2D eigenvalue weighted by Crippen LogP contribution is -2.63. The van der Waals surface area contributed by atoms with Crippen LogP contribution >= 0.6 is 0 Å². The van der Waals surface area contributed by atoms with E-state index in [9.17, 15) is 0 Å². The van der Waals surface area contributed by atoms with E-state index >= 15 is 0 Å². The predicted octanol–water partition coefficient (Wildman–Crippen LogP) is 0.520. The van der Waals surface area contributed by atoms with Gasteiger partial charge in [0.1, 0.15) is 0 Å².